The highest BCUT2D eigenvalue weighted by Gasteiger charge is 2.63. The molecule has 62 valence electrons. The molecule has 0 N–H and O–H groups in total. The first-order chi connectivity index (χ1) is 5.42. The van der Waals surface area contributed by atoms with E-state index in [0.717, 1.165) is 6.61 Å². The second-order valence-corrected chi connectivity index (χ2v) is 3.96. The molecule has 2 heteroatoms. The van der Waals surface area contributed by atoms with Gasteiger partial charge in [-0.3, -0.25) is 0 Å². The third-order valence-electron chi connectivity index (χ3n) is 3.38. The van der Waals surface area contributed by atoms with Crippen LogP contribution in [-0.2, 0) is 9.47 Å². The van der Waals surface area contributed by atoms with Crippen LogP contribution in [0.2, 0.25) is 0 Å². The van der Waals surface area contributed by atoms with Gasteiger partial charge in [-0.1, -0.05) is 12.8 Å². The molecule has 2 nitrogen and oxygen atoms in total. The van der Waals surface area contributed by atoms with Gasteiger partial charge in [-0.05, 0) is 19.3 Å². The third-order valence-corrected chi connectivity index (χ3v) is 3.38. The van der Waals surface area contributed by atoms with Gasteiger partial charge in [0.2, 0.25) is 0 Å². The van der Waals surface area contributed by atoms with Gasteiger partial charge in [0, 0.05) is 6.61 Å². The van der Waals surface area contributed by atoms with E-state index in [9.17, 15) is 0 Å². The van der Waals surface area contributed by atoms with Gasteiger partial charge in [0.25, 0.3) is 0 Å². The van der Waals surface area contributed by atoms with E-state index in [1.165, 1.54) is 32.1 Å². The summed E-state index contributed by atoms with van der Waals surface area (Å²) in [5.74, 6) is 0. The van der Waals surface area contributed by atoms with E-state index in [4.69, 9.17) is 9.47 Å². The Morgan fingerprint density at radius 2 is 2.00 bits per heavy atom. The molecule has 3 atom stereocenters. The monoisotopic (exact) mass is 154 g/mol. The summed E-state index contributed by atoms with van der Waals surface area (Å²) in [4.78, 5) is 0. The average molecular weight is 154 g/mol. The minimum atomic E-state index is 0.219. The van der Waals surface area contributed by atoms with Crippen molar-refractivity contribution < 1.29 is 9.47 Å². The summed E-state index contributed by atoms with van der Waals surface area (Å²) in [5, 5.41) is 0. The molecule has 2 saturated heterocycles. The Morgan fingerprint density at radius 1 is 1.09 bits per heavy atom. The van der Waals surface area contributed by atoms with Crippen LogP contribution in [-0.4, -0.2) is 24.4 Å². The quantitative estimate of drug-likeness (QED) is 0.534. The van der Waals surface area contributed by atoms with Crippen LogP contribution >= 0.6 is 0 Å². The summed E-state index contributed by atoms with van der Waals surface area (Å²) in [6.07, 6.45) is 7.50. The SMILES string of the molecule is C1CCC2(C3CCO3)OC2C1. The van der Waals surface area contributed by atoms with Crippen molar-refractivity contribution in [2.24, 2.45) is 0 Å². The zero-order valence-corrected chi connectivity index (χ0v) is 6.71. The third kappa shape index (κ3) is 0.744. The molecule has 0 aromatic heterocycles. The van der Waals surface area contributed by atoms with E-state index in [0.29, 0.717) is 12.2 Å². The molecule has 2 aliphatic heterocycles. The Morgan fingerprint density at radius 3 is 2.64 bits per heavy atom. The summed E-state index contributed by atoms with van der Waals surface area (Å²) in [7, 11) is 0. The molecule has 2 heterocycles. The number of ether oxygens (including phenoxy) is 2. The van der Waals surface area contributed by atoms with Gasteiger partial charge in [-0.15, -0.1) is 0 Å². The van der Waals surface area contributed by atoms with Crippen LogP contribution in [0.4, 0.5) is 0 Å². The molecule has 11 heavy (non-hydrogen) atoms. The van der Waals surface area contributed by atoms with Crippen molar-refractivity contribution in [3.8, 4) is 0 Å². The summed E-state index contributed by atoms with van der Waals surface area (Å²) < 4.78 is 11.2. The van der Waals surface area contributed by atoms with Crippen LogP contribution in [0.15, 0.2) is 0 Å². The van der Waals surface area contributed by atoms with Crippen LogP contribution in [0.5, 0.6) is 0 Å². The first-order valence-electron chi connectivity index (χ1n) is 4.71. The Labute approximate surface area is 66.9 Å². The van der Waals surface area contributed by atoms with Gasteiger partial charge in [-0.25, -0.2) is 0 Å². The highest BCUT2D eigenvalue weighted by molar-refractivity contribution is 5.11. The van der Waals surface area contributed by atoms with Crippen molar-refractivity contribution in [3.63, 3.8) is 0 Å². The Bertz CT molecular complexity index is 176. The van der Waals surface area contributed by atoms with Crippen LogP contribution < -0.4 is 0 Å². The lowest BCUT2D eigenvalue weighted by molar-refractivity contribution is -0.0978. The molecular formula is C9H14O2. The smallest absolute Gasteiger partial charge is 0.121 e. The Kier molecular flexibility index (Phi) is 1.16. The molecule has 0 aromatic rings. The number of hydrogen-bond acceptors (Lipinski definition) is 2. The lowest BCUT2D eigenvalue weighted by Gasteiger charge is -2.33. The fourth-order valence-electron chi connectivity index (χ4n) is 2.55. The largest absolute Gasteiger partial charge is 0.375 e. The van der Waals surface area contributed by atoms with Crippen molar-refractivity contribution in [3.05, 3.63) is 0 Å². The van der Waals surface area contributed by atoms with Crippen LogP contribution in [0.1, 0.15) is 32.1 Å². The zero-order valence-electron chi connectivity index (χ0n) is 6.71. The fraction of sp³-hybridized carbons (Fsp3) is 1.00. The van der Waals surface area contributed by atoms with E-state index in [1.54, 1.807) is 0 Å². The van der Waals surface area contributed by atoms with Gasteiger partial charge < -0.3 is 9.47 Å². The van der Waals surface area contributed by atoms with Crippen molar-refractivity contribution in [1.82, 2.24) is 0 Å². The molecule has 0 aromatic carbocycles. The molecule has 1 saturated carbocycles. The maximum absolute atomic E-state index is 5.74. The highest BCUT2D eigenvalue weighted by atomic mass is 16.6. The maximum Gasteiger partial charge on any atom is 0.121 e. The molecule has 0 bridgehead atoms. The van der Waals surface area contributed by atoms with Crippen molar-refractivity contribution in [2.45, 2.75) is 49.9 Å². The van der Waals surface area contributed by atoms with Crippen LogP contribution in [0.25, 0.3) is 0 Å². The summed E-state index contributed by atoms with van der Waals surface area (Å²) in [6.45, 7) is 0.961. The van der Waals surface area contributed by atoms with Gasteiger partial charge in [0.1, 0.15) is 5.60 Å². The van der Waals surface area contributed by atoms with Gasteiger partial charge in [0.05, 0.1) is 12.2 Å². The van der Waals surface area contributed by atoms with Crippen molar-refractivity contribution in [1.29, 1.82) is 0 Å². The van der Waals surface area contributed by atoms with Crippen molar-refractivity contribution >= 4 is 0 Å². The Hall–Kier alpha value is -0.0800. The standard InChI is InChI=1S/C9H14O2/c1-2-5-9(7-4-6-10-7)8(3-1)11-9/h7-8H,1-6H2. The number of epoxide rings is 1. The summed E-state index contributed by atoms with van der Waals surface area (Å²) >= 11 is 0. The molecule has 1 aliphatic carbocycles. The van der Waals surface area contributed by atoms with E-state index >= 15 is 0 Å². The fourth-order valence-corrected chi connectivity index (χ4v) is 2.55. The van der Waals surface area contributed by atoms with Gasteiger partial charge >= 0.3 is 0 Å². The van der Waals surface area contributed by atoms with Crippen LogP contribution in [0, 0.1) is 0 Å². The lowest BCUT2D eigenvalue weighted by atomic mass is 9.82. The molecular weight excluding hydrogens is 140 g/mol. The van der Waals surface area contributed by atoms with Crippen LogP contribution in [0.3, 0.4) is 0 Å². The molecule has 0 spiro atoms. The first-order valence-corrected chi connectivity index (χ1v) is 4.71. The zero-order chi connectivity index (χ0) is 7.31. The summed E-state index contributed by atoms with van der Waals surface area (Å²) in [5.41, 5.74) is 0.219. The molecule has 0 radical (unpaired) electrons. The van der Waals surface area contributed by atoms with E-state index in [2.05, 4.69) is 0 Å². The predicted octanol–water partition coefficient (Wildman–Crippen LogP) is 1.49. The van der Waals surface area contributed by atoms with Gasteiger partial charge in [0.15, 0.2) is 0 Å². The molecule has 3 rings (SSSR count). The maximum atomic E-state index is 5.74. The van der Waals surface area contributed by atoms with Gasteiger partial charge in [-0.2, -0.15) is 0 Å². The second kappa shape index (κ2) is 1.99. The van der Waals surface area contributed by atoms with E-state index in [-0.39, 0.29) is 5.60 Å². The average Bonchev–Trinajstić information content (AvgIpc) is 2.57. The summed E-state index contributed by atoms with van der Waals surface area (Å²) in [6, 6.07) is 0. The minimum absolute atomic E-state index is 0.219. The minimum Gasteiger partial charge on any atom is -0.375 e. The Balaban J connectivity index is 1.74. The molecule has 0 amide bonds. The number of hydrogen-bond donors (Lipinski definition) is 0. The molecule has 3 fully saturated rings. The lowest BCUT2D eigenvalue weighted by Crippen LogP contribution is -2.43. The van der Waals surface area contributed by atoms with E-state index in [1.807, 2.05) is 0 Å². The number of fused-ring (bicyclic) bond motifs is 1. The molecule has 3 unspecified atom stereocenters. The first kappa shape index (κ1) is 6.44. The van der Waals surface area contributed by atoms with E-state index < -0.39 is 0 Å². The predicted molar refractivity (Wildman–Crippen MR) is 40.4 cm³/mol. The second-order valence-electron chi connectivity index (χ2n) is 3.96. The number of rotatable bonds is 1. The van der Waals surface area contributed by atoms with Crippen molar-refractivity contribution in [2.75, 3.05) is 6.61 Å². The molecule has 3 aliphatic rings. The highest BCUT2D eigenvalue weighted by Crippen LogP contribution is 2.53. The normalized spacial score (nSPS) is 54.5. The topological polar surface area (TPSA) is 21.8 Å².